The summed E-state index contributed by atoms with van der Waals surface area (Å²) in [7, 11) is 0. The van der Waals surface area contributed by atoms with Gasteiger partial charge < -0.3 is 14.8 Å². The number of fused-ring (bicyclic) bond motifs is 1. The lowest BCUT2D eigenvalue weighted by molar-refractivity contribution is -0.141. The molecule has 1 amide bonds. The monoisotopic (exact) mass is 343 g/mol. The number of nitrogens with one attached hydrogen (secondary N) is 1. The predicted octanol–water partition coefficient (Wildman–Crippen LogP) is 4.43. The van der Waals surface area contributed by atoms with Crippen LogP contribution in [0.4, 0.5) is 0 Å². The van der Waals surface area contributed by atoms with Crippen LogP contribution in [-0.2, 0) is 9.59 Å². The van der Waals surface area contributed by atoms with E-state index in [4.69, 9.17) is 4.42 Å². The quantitative estimate of drug-likeness (QED) is 0.813. The first-order chi connectivity index (χ1) is 12.0. The number of carbonyl (C=O) groups excluding carboxylic acids is 1. The molecule has 0 aliphatic heterocycles. The normalized spacial score (nSPS) is 18.0. The molecule has 1 saturated carbocycles. The molecule has 1 aromatic heterocycles. The molecule has 1 aromatic carbocycles. The zero-order valence-corrected chi connectivity index (χ0v) is 14.6. The van der Waals surface area contributed by atoms with Gasteiger partial charge in [0.15, 0.2) is 0 Å². The number of hydrogen-bond donors (Lipinski definition) is 2. The Morgan fingerprint density at radius 1 is 1.20 bits per heavy atom. The number of hydrogen-bond acceptors (Lipinski definition) is 3. The highest BCUT2D eigenvalue weighted by molar-refractivity contribution is 5.80. The third kappa shape index (κ3) is 4.21. The van der Waals surface area contributed by atoms with E-state index in [9.17, 15) is 14.7 Å². The van der Waals surface area contributed by atoms with Crippen molar-refractivity contribution in [2.24, 2.45) is 5.41 Å². The van der Waals surface area contributed by atoms with E-state index in [1.54, 1.807) is 0 Å². The second-order valence-electron chi connectivity index (χ2n) is 7.28. The third-order valence-corrected chi connectivity index (χ3v) is 5.22. The van der Waals surface area contributed by atoms with Crippen LogP contribution in [0.5, 0.6) is 0 Å². The Bertz CT molecular complexity index is 725. The Morgan fingerprint density at radius 2 is 1.92 bits per heavy atom. The average molecular weight is 343 g/mol. The molecular formula is C20H25NO4. The summed E-state index contributed by atoms with van der Waals surface area (Å²) in [5, 5.41) is 13.2. The van der Waals surface area contributed by atoms with Crippen molar-refractivity contribution in [3.8, 4) is 0 Å². The van der Waals surface area contributed by atoms with Gasteiger partial charge in [0.25, 0.3) is 0 Å². The summed E-state index contributed by atoms with van der Waals surface area (Å²) in [5.74, 6) is -0.207. The summed E-state index contributed by atoms with van der Waals surface area (Å²) < 4.78 is 5.80. The maximum absolute atomic E-state index is 12.6. The smallest absolute Gasteiger partial charge is 0.303 e. The molecule has 1 heterocycles. The van der Waals surface area contributed by atoms with Gasteiger partial charge in [-0.2, -0.15) is 0 Å². The first-order valence-corrected chi connectivity index (χ1v) is 8.97. The van der Waals surface area contributed by atoms with Crippen LogP contribution in [0, 0.1) is 5.41 Å². The average Bonchev–Trinajstić information content (AvgIpc) is 2.98. The molecule has 5 nitrogen and oxygen atoms in total. The summed E-state index contributed by atoms with van der Waals surface area (Å²) >= 11 is 0. The Balaban J connectivity index is 1.66. The number of rotatable bonds is 6. The molecule has 1 aliphatic rings. The number of benzene rings is 1. The highest BCUT2D eigenvalue weighted by Gasteiger charge is 2.36. The standard InChI is InChI=1S/C20H25NO4/c1-14(17-11-15-7-3-4-8-16(15)25-17)21-18(22)12-20(13-19(23)24)9-5-2-6-10-20/h3-4,7-8,11,14H,2,5-6,9-10,12-13H2,1H3,(H,21,22)(H,23,24)/t14-/m0/s1. The predicted molar refractivity (Wildman–Crippen MR) is 95.2 cm³/mol. The van der Waals surface area contributed by atoms with E-state index in [1.807, 2.05) is 37.3 Å². The largest absolute Gasteiger partial charge is 0.481 e. The number of furan rings is 1. The van der Waals surface area contributed by atoms with E-state index in [2.05, 4.69) is 5.32 Å². The highest BCUT2D eigenvalue weighted by Crippen LogP contribution is 2.42. The molecular weight excluding hydrogens is 318 g/mol. The molecule has 0 bridgehead atoms. The molecule has 1 fully saturated rings. The number of carboxylic acids is 1. The van der Waals surface area contributed by atoms with Crippen LogP contribution in [0.15, 0.2) is 34.7 Å². The highest BCUT2D eigenvalue weighted by atomic mass is 16.4. The van der Waals surface area contributed by atoms with Crippen LogP contribution < -0.4 is 5.32 Å². The Labute approximate surface area is 147 Å². The maximum Gasteiger partial charge on any atom is 0.303 e. The molecule has 3 rings (SSSR count). The molecule has 0 spiro atoms. The zero-order valence-electron chi connectivity index (χ0n) is 14.6. The van der Waals surface area contributed by atoms with Crippen molar-refractivity contribution < 1.29 is 19.1 Å². The lowest BCUT2D eigenvalue weighted by atomic mass is 9.69. The summed E-state index contributed by atoms with van der Waals surface area (Å²) in [6.45, 7) is 1.89. The SMILES string of the molecule is C[C@H](NC(=O)CC1(CC(=O)O)CCCCC1)c1cc2ccccc2o1. The lowest BCUT2D eigenvalue weighted by Crippen LogP contribution is -2.36. The van der Waals surface area contributed by atoms with Gasteiger partial charge in [0.2, 0.25) is 5.91 Å². The summed E-state index contributed by atoms with van der Waals surface area (Å²) in [6, 6.07) is 9.43. The van der Waals surface area contributed by atoms with E-state index in [1.165, 1.54) is 0 Å². The van der Waals surface area contributed by atoms with Gasteiger partial charge >= 0.3 is 5.97 Å². The Kier molecular flexibility index (Phi) is 5.11. The molecule has 0 radical (unpaired) electrons. The second kappa shape index (κ2) is 7.30. The molecule has 5 heteroatoms. The van der Waals surface area contributed by atoms with Crippen LogP contribution in [0.25, 0.3) is 11.0 Å². The first-order valence-electron chi connectivity index (χ1n) is 8.97. The fourth-order valence-corrected chi connectivity index (χ4v) is 3.96. The van der Waals surface area contributed by atoms with E-state index in [-0.39, 0.29) is 24.8 Å². The molecule has 134 valence electrons. The number of carboxylic acid groups (broad SMARTS) is 1. The van der Waals surface area contributed by atoms with E-state index < -0.39 is 11.4 Å². The van der Waals surface area contributed by atoms with Gasteiger partial charge in [0.1, 0.15) is 11.3 Å². The van der Waals surface area contributed by atoms with Crippen LogP contribution in [-0.4, -0.2) is 17.0 Å². The van der Waals surface area contributed by atoms with Crippen LogP contribution in [0.2, 0.25) is 0 Å². The van der Waals surface area contributed by atoms with Crippen molar-refractivity contribution in [3.05, 3.63) is 36.1 Å². The van der Waals surface area contributed by atoms with Crippen molar-refractivity contribution in [2.75, 3.05) is 0 Å². The first kappa shape index (κ1) is 17.5. The van der Waals surface area contributed by atoms with Crippen molar-refractivity contribution in [3.63, 3.8) is 0 Å². The van der Waals surface area contributed by atoms with Crippen LogP contribution >= 0.6 is 0 Å². The van der Waals surface area contributed by atoms with Gasteiger partial charge in [-0.05, 0) is 37.3 Å². The van der Waals surface area contributed by atoms with E-state index in [0.29, 0.717) is 5.76 Å². The van der Waals surface area contributed by atoms with Gasteiger partial charge in [0, 0.05) is 11.8 Å². The summed E-state index contributed by atoms with van der Waals surface area (Å²) in [5.41, 5.74) is 0.398. The minimum absolute atomic E-state index is 0.0689. The van der Waals surface area contributed by atoms with Crippen molar-refractivity contribution >= 4 is 22.8 Å². The fraction of sp³-hybridized carbons (Fsp3) is 0.500. The number of para-hydroxylation sites is 1. The Morgan fingerprint density at radius 3 is 2.60 bits per heavy atom. The van der Waals surface area contributed by atoms with Crippen molar-refractivity contribution in [1.82, 2.24) is 5.32 Å². The summed E-state index contributed by atoms with van der Waals surface area (Å²) in [6.07, 6.45) is 5.08. The maximum atomic E-state index is 12.6. The van der Waals surface area contributed by atoms with Gasteiger partial charge in [-0.1, -0.05) is 37.5 Å². The number of amides is 1. The molecule has 0 unspecified atom stereocenters. The number of aliphatic carboxylic acids is 1. The summed E-state index contributed by atoms with van der Waals surface area (Å²) in [4.78, 5) is 23.8. The van der Waals surface area contributed by atoms with Gasteiger partial charge in [0.05, 0.1) is 12.5 Å². The van der Waals surface area contributed by atoms with Crippen molar-refractivity contribution in [1.29, 1.82) is 0 Å². The van der Waals surface area contributed by atoms with E-state index >= 15 is 0 Å². The topological polar surface area (TPSA) is 79.5 Å². The molecule has 1 aliphatic carbocycles. The molecule has 2 N–H and O–H groups in total. The van der Waals surface area contributed by atoms with Gasteiger partial charge in [-0.3, -0.25) is 9.59 Å². The van der Waals surface area contributed by atoms with Crippen LogP contribution in [0.1, 0.15) is 63.7 Å². The minimum Gasteiger partial charge on any atom is -0.481 e. The third-order valence-electron chi connectivity index (χ3n) is 5.22. The fourth-order valence-electron chi connectivity index (χ4n) is 3.96. The van der Waals surface area contributed by atoms with Gasteiger partial charge in [-0.15, -0.1) is 0 Å². The molecule has 1 atom stereocenters. The zero-order chi connectivity index (χ0) is 17.9. The van der Waals surface area contributed by atoms with E-state index in [0.717, 1.165) is 43.1 Å². The van der Waals surface area contributed by atoms with Gasteiger partial charge in [-0.25, -0.2) is 0 Å². The second-order valence-corrected chi connectivity index (χ2v) is 7.28. The molecule has 25 heavy (non-hydrogen) atoms. The molecule has 2 aromatic rings. The minimum atomic E-state index is -0.819. The Hall–Kier alpha value is -2.30. The number of carbonyl (C=O) groups is 2. The van der Waals surface area contributed by atoms with Crippen LogP contribution in [0.3, 0.4) is 0 Å². The molecule has 0 saturated heterocycles. The lowest BCUT2D eigenvalue weighted by Gasteiger charge is -2.35. The van der Waals surface area contributed by atoms with Crippen molar-refractivity contribution in [2.45, 2.75) is 57.9 Å².